The maximum Gasteiger partial charge on any atom is 0.293 e. The summed E-state index contributed by atoms with van der Waals surface area (Å²) in [6.45, 7) is 1.77. The molecule has 1 atom stereocenters. The second kappa shape index (κ2) is 10.5. The maximum atomic E-state index is 12.0. The second-order valence-corrected chi connectivity index (χ2v) is 9.48. The zero-order valence-corrected chi connectivity index (χ0v) is 21.2. The number of hydrogen-bond acceptors (Lipinski definition) is 9. The number of nitro benzene ring substituents is 1. The lowest BCUT2D eigenvalue weighted by molar-refractivity contribution is -0.384. The number of fused-ring (bicyclic) bond motifs is 1. The standard InChI is InChI=1S/C26H26ClN7O3/c1-32(2)19-8-10-33(14-19)23-13-22-20(12-24(23)34(35)36)26(30-16-29-22)31-17-6-7-25(21(27)11-17)37-15-18-5-3-4-9-28-18/h3-7,9,11-13,16,19H,8,10,14-15H2,1-2H3,(H,29,30,31)/t19-/m0/s1. The molecule has 0 aliphatic carbocycles. The molecule has 37 heavy (non-hydrogen) atoms. The van der Waals surface area contributed by atoms with E-state index in [1.54, 1.807) is 30.5 Å². The molecule has 1 aliphatic rings. The molecule has 2 aromatic carbocycles. The molecule has 1 fully saturated rings. The van der Waals surface area contributed by atoms with Crippen LogP contribution in [0.3, 0.4) is 0 Å². The lowest BCUT2D eigenvalue weighted by Crippen LogP contribution is -2.31. The Hall–Kier alpha value is -4.02. The minimum atomic E-state index is -0.348. The number of ether oxygens (including phenoxy) is 1. The first-order valence-electron chi connectivity index (χ1n) is 11.8. The van der Waals surface area contributed by atoms with Gasteiger partial charge in [0, 0.05) is 42.5 Å². The summed E-state index contributed by atoms with van der Waals surface area (Å²) in [5, 5.41) is 16.2. The van der Waals surface area contributed by atoms with E-state index >= 15 is 0 Å². The fraction of sp³-hybridized carbons (Fsp3) is 0.269. The lowest BCUT2D eigenvalue weighted by Gasteiger charge is -2.22. The van der Waals surface area contributed by atoms with Gasteiger partial charge in [0.1, 0.15) is 30.2 Å². The Morgan fingerprint density at radius 1 is 1.19 bits per heavy atom. The molecule has 1 N–H and O–H groups in total. The molecule has 1 aliphatic heterocycles. The van der Waals surface area contributed by atoms with Crippen molar-refractivity contribution in [2.24, 2.45) is 0 Å². The number of nitro groups is 1. The molecular formula is C26H26ClN7O3. The van der Waals surface area contributed by atoms with Gasteiger partial charge in [0.2, 0.25) is 0 Å². The van der Waals surface area contributed by atoms with Crippen molar-refractivity contribution >= 4 is 45.4 Å². The second-order valence-electron chi connectivity index (χ2n) is 9.07. The van der Waals surface area contributed by atoms with Gasteiger partial charge in [0.05, 0.1) is 21.2 Å². The van der Waals surface area contributed by atoms with Crippen LogP contribution in [0.25, 0.3) is 10.9 Å². The molecule has 190 valence electrons. The summed E-state index contributed by atoms with van der Waals surface area (Å²) < 4.78 is 5.79. The molecule has 10 nitrogen and oxygen atoms in total. The highest BCUT2D eigenvalue weighted by Crippen LogP contribution is 2.37. The first kappa shape index (κ1) is 24.7. The number of anilines is 3. The molecule has 3 heterocycles. The van der Waals surface area contributed by atoms with Gasteiger partial charge in [0.15, 0.2) is 0 Å². The van der Waals surface area contributed by atoms with E-state index < -0.39 is 0 Å². The van der Waals surface area contributed by atoms with Crippen molar-refractivity contribution < 1.29 is 9.66 Å². The minimum Gasteiger partial charge on any atom is -0.486 e. The van der Waals surface area contributed by atoms with Crippen LogP contribution < -0.4 is 15.0 Å². The molecule has 5 rings (SSSR count). The summed E-state index contributed by atoms with van der Waals surface area (Å²) in [4.78, 5) is 28.9. The number of nitrogens with one attached hydrogen (secondary N) is 1. The quantitative estimate of drug-likeness (QED) is 0.252. The predicted octanol–water partition coefficient (Wildman–Crippen LogP) is 5.05. The van der Waals surface area contributed by atoms with Crippen molar-refractivity contribution in [3.63, 3.8) is 0 Å². The Kier molecular flexibility index (Phi) is 7.02. The number of rotatable bonds is 8. The number of hydrogen-bond donors (Lipinski definition) is 1. The number of likely N-dealkylation sites (N-methyl/N-ethyl adjacent to an activating group) is 1. The van der Waals surface area contributed by atoms with Crippen LogP contribution in [0.4, 0.5) is 22.9 Å². The third kappa shape index (κ3) is 5.40. The van der Waals surface area contributed by atoms with Crippen molar-refractivity contribution in [3.05, 3.63) is 81.9 Å². The number of nitrogens with zero attached hydrogens (tertiary/aromatic N) is 6. The highest BCUT2D eigenvalue weighted by molar-refractivity contribution is 6.32. The third-order valence-electron chi connectivity index (χ3n) is 6.46. The van der Waals surface area contributed by atoms with Crippen molar-refractivity contribution in [1.82, 2.24) is 19.9 Å². The fourth-order valence-corrected chi connectivity index (χ4v) is 4.66. The Morgan fingerprint density at radius 3 is 2.76 bits per heavy atom. The fourth-order valence-electron chi connectivity index (χ4n) is 4.43. The van der Waals surface area contributed by atoms with Crippen LogP contribution >= 0.6 is 11.6 Å². The van der Waals surface area contributed by atoms with E-state index in [0.29, 0.717) is 51.5 Å². The molecule has 0 bridgehead atoms. The number of aromatic nitrogens is 3. The van der Waals surface area contributed by atoms with E-state index in [-0.39, 0.29) is 10.6 Å². The highest BCUT2D eigenvalue weighted by atomic mass is 35.5. The van der Waals surface area contributed by atoms with Crippen molar-refractivity contribution in [3.8, 4) is 5.75 Å². The largest absolute Gasteiger partial charge is 0.486 e. The van der Waals surface area contributed by atoms with Gasteiger partial charge >= 0.3 is 0 Å². The first-order chi connectivity index (χ1) is 17.9. The molecule has 2 aromatic heterocycles. The summed E-state index contributed by atoms with van der Waals surface area (Å²) >= 11 is 6.46. The molecule has 0 spiro atoms. The first-order valence-corrected chi connectivity index (χ1v) is 12.2. The third-order valence-corrected chi connectivity index (χ3v) is 6.75. The average molecular weight is 520 g/mol. The monoisotopic (exact) mass is 519 g/mol. The van der Waals surface area contributed by atoms with E-state index in [0.717, 1.165) is 25.2 Å². The van der Waals surface area contributed by atoms with Crippen LogP contribution in [0.5, 0.6) is 5.75 Å². The molecule has 0 amide bonds. The SMILES string of the molecule is CN(C)[C@H]1CCN(c2cc3ncnc(Nc4ccc(OCc5ccccn5)c(Cl)c4)c3cc2[N+](=O)[O-])C1. The summed E-state index contributed by atoms with van der Waals surface area (Å²) in [6.07, 6.45) is 4.10. The van der Waals surface area contributed by atoms with Crippen LogP contribution in [0.2, 0.25) is 5.02 Å². The Balaban J connectivity index is 1.40. The van der Waals surface area contributed by atoms with Gasteiger partial charge in [-0.15, -0.1) is 0 Å². The number of benzene rings is 2. The van der Waals surface area contributed by atoms with Gasteiger partial charge in [-0.25, -0.2) is 9.97 Å². The predicted molar refractivity (Wildman–Crippen MR) is 144 cm³/mol. The van der Waals surface area contributed by atoms with Crippen LogP contribution in [0, 0.1) is 10.1 Å². The normalized spacial score (nSPS) is 15.4. The number of pyridine rings is 1. The van der Waals surface area contributed by atoms with Crippen LogP contribution in [0.15, 0.2) is 61.1 Å². The topological polar surface area (TPSA) is 110 Å². The van der Waals surface area contributed by atoms with Gasteiger partial charge in [0.25, 0.3) is 5.69 Å². The smallest absolute Gasteiger partial charge is 0.293 e. The Labute approximate surface area is 219 Å². The Morgan fingerprint density at radius 2 is 2.05 bits per heavy atom. The minimum absolute atomic E-state index is 0.0288. The van der Waals surface area contributed by atoms with Crippen LogP contribution in [-0.4, -0.2) is 58.0 Å². The maximum absolute atomic E-state index is 12.0. The van der Waals surface area contributed by atoms with Gasteiger partial charge < -0.3 is 19.9 Å². The zero-order chi connectivity index (χ0) is 25.9. The van der Waals surface area contributed by atoms with Gasteiger partial charge in [-0.1, -0.05) is 17.7 Å². The van der Waals surface area contributed by atoms with E-state index in [1.807, 2.05) is 38.4 Å². The van der Waals surface area contributed by atoms with Gasteiger partial charge in [-0.05, 0) is 56.9 Å². The van der Waals surface area contributed by atoms with E-state index in [2.05, 4.69) is 30.1 Å². The van der Waals surface area contributed by atoms with Crippen molar-refractivity contribution in [2.75, 3.05) is 37.4 Å². The molecule has 0 unspecified atom stereocenters. The highest BCUT2D eigenvalue weighted by Gasteiger charge is 2.29. The van der Waals surface area contributed by atoms with Crippen LogP contribution in [0.1, 0.15) is 12.1 Å². The summed E-state index contributed by atoms with van der Waals surface area (Å²) in [7, 11) is 4.05. The van der Waals surface area contributed by atoms with Crippen molar-refractivity contribution in [1.29, 1.82) is 0 Å². The summed E-state index contributed by atoms with van der Waals surface area (Å²) in [6, 6.07) is 14.6. The average Bonchev–Trinajstić information content (AvgIpc) is 3.39. The van der Waals surface area contributed by atoms with Crippen molar-refractivity contribution in [2.45, 2.75) is 19.1 Å². The lowest BCUT2D eigenvalue weighted by atomic mass is 10.1. The van der Waals surface area contributed by atoms with Gasteiger partial charge in [-0.2, -0.15) is 0 Å². The molecular weight excluding hydrogens is 494 g/mol. The molecule has 1 saturated heterocycles. The summed E-state index contributed by atoms with van der Waals surface area (Å²) in [5.74, 6) is 0.970. The van der Waals surface area contributed by atoms with E-state index in [4.69, 9.17) is 16.3 Å². The summed E-state index contributed by atoms with van der Waals surface area (Å²) in [5.41, 5.74) is 2.67. The van der Waals surface area contributed by atoms with E-state index in [1.165, 1.54) is 6.33 Å². The molecule has 11 heteroatoms. The van der Waals surface area contributed by atoms with Gasteiger partial charge in [-0.3, -0.25) is 15.1 Å². The Bertz CT molecular complexity index is 1430. The molecule has 4 aromatic rings. The van der Waals surface area contributed by atoms with E-state index in [9.17, 15) is 10.1 Å². The van der Waals surface area contributed by atoms with Crippen LogP contribution in [-0.2, 0) is 6.61 Å². The zero-order valence-electron chi connectivity index (χ0n) is 20.5. The molecule has 0 saturated carbocycles. The molecule has 0 radical (unpaired) electrons. The number of halogens is 1.